The molecule has 1 aliphatic carbocycles. The first-order chi connectivity index (χ1) is 10.8. The number of nitrogens with one attached hydrogen (secondary N) is 1. The van der Waals surface area contributed by atoms with Gasteiger partial charge in [0.15, 0.2) is 0 Å². The van der Waals surface area contributed by atoms with E-state index in [2.05, 4.69) is 11.4 Å². The Hall–Kier alpha value is -1.51. The molecule has 0 atom stereocenters. The topological polar surface area (TPSA) is 25.2 Å². The van der Waals surface area contributed by atoms with Gasteiger partial charge in [-0.05, 0) is 62.9 Å². The molecule has 3 rings (SSSR count). The van der Waals surface area contributed by atoms with E-state index in [1.807, 2.05) is 36.4 Å². The summed E-state index contributed by atoms with van der Waals surface area (Å²) in [6.45, 7) is 1.78. The predicted octanol–water partition coefficient (Wildman–Crippen LogP) is 5.58. The van der Waals surface area contributed by atoms with Gasteiger partial charge in [-0.1, -0.05) is 35.4 Å². The molecule has 0 radical (unpaired) electrons. The van der Waals surface area contributed by atoms with Crippen LogP contribution in [0.25, 0.3) is 11.3 Å². The second-order valence-electron chi connectivity index (χ2n) is 5.81. The highest BCUT2D eigenvalue weighted by Gasteiger charge is 2.06. The van der Waals surface area contributed by atoms with Gasteiger partial charge in [-0.15, -0.1) is 0 Å². The van der Waals surface area contributed by atoms with Gasteiger partial charge in [0, 0.05) is 10.6 Å². The zero-order chi connectivity index (χ0) is 15.2. The minimum Gasteiger partial charge on any atom is -0.460 e. The van der Waals surface area contributed by atoms with E-state index >= 15 is 0 Å². The number of benzene rings is 1. The molecular formula is C19H22ClNO. The van der Waals surface area contributed by atoms with Crippen LogP contribution >= 0.6 is 11.6 Å². The fraction of sp³-hybridized carbons (Fsp3) is 0.368. The van der Waals surface area contributed by atoms with Crippen molar-refractivity contribution in [3.8, 4) is 11.3 Å². The Labute approximate surface area is 137 Å². The highest BCUT2D eigenvalue weighted by Crippen LogP contribution is 2.25. The standard InChI is InChI=1S/C19H22ClNO/c20-17-8-4-7-16(13-17)19-10-9-18(22-19)14-21-12-11-15-5-2-1-3-6-15/h4-5,7-10,13,21H,1-3,6,11-12,14H2. The van der Waals surface area contributed by atoms with Crippen molar-refractivity contribution in [3.63, 3.8) is 0 Å². The second-order valence-corrected chi connectivity index (χ2v) is 6.25. The summed E-state index contributed by atoms with van der Waals surface area (Å²) in [7, 11) is 0. The molecule has 2 nitrogen and oxygen atoms in total. The number of hydrogen-bond donors (Lipinski definition) is 1. The van der Waals surface area contributed by atoms with Crippen molar-refractivity contribution < 1.29 is 4.42 Å². The Balaban J connectivity index is 1.48. The monoisotopic (exact) mass is 315 g/mol. The molecule has 0 unspecified atom stereocenters. The lowest BCUT2D eigenvalue weighted by atomic mass is 9.97. The number of allylic oxidation sites excluding steroid dienone is 1. The normalized spacial score (nSPS) is 14.9. The van der Waals surface area contributed by atoms with Crippen molar-refractivity contribution in [3.05, 3.63) is 58.8 Å². The Kier molecular flexibility index (Phi) is 5.36. The van der Waals surface area contributed by atoms with Gasteiger partial charge >= 0.3 is 0 Å². The van der Waals surface area contributed by atoms with Crippen molar-refractivity contribution >= 4 is 11.6 Å². The molecule has 22 heavy (non-hydrogen) atoms. The highest BCUT2D eigenvalue weighted by molar-refractivity contribution is 6.30. The van der Waals surface area contributed by atoms with Crippen LogP contribution < -0.4 is 5.32 Å². The van der Waals surface area contributed by atoms with Crippen LogP contribution in [0.2, 0.25) is 5.02 Å². The Bertz CT molecular complexity index is 644. The summed E-state index contributed by atoms with van der Waals surface area (Å²) in [5.74, 6) is 1.84. The molecular weight excluding hydrogens is 294 g/mol. The molecule has 1 aromatic heterocycles. The van der Waals surface area contributed by atoms with E-state index in [0.29, 0.717) is 0 Å². The Morgan fingerprint density at radius 1 is 1.14 bits per heavy atom. The van der Waals surface area contributed by atoms with Gasteiger partial charge in [0.05, 0.1) is 6.54 Å². The molecule has 0 aliphatic heterocycles. The third-order valence-corrected chi connectivity index (χ3v) is 4.31. The summed E-state index contributed by atoms with van der Waals surface area (Å²) in [5, 5.41) is 4.20. The van der Waals surface area contributed by atoms with E-state index in [9.17, 15) is 0 Å². The van der Waals surface area contributed by atoms with Gasteiger partial charge in [-0.25, -0.2) is 0 Å². The zero-order valence-electron chi connectivity index (χ0n) is 12.8. The fourth-order valence-electron chi connectivity index (χ4n) is 2.86. The maximum Gasteiger partial charge on any atom is 0.134 e. The van der Waals surface area contributed by atoms with Gasteiger partial charge in [0.2, 0.25) is 0 Å². The van der Waals surface area contributed by atoms with Crippen molar-refractivity contribution in [2.24, 2.45) is 0 Å². The smallest absolute Gasteiger partial charge is 0.134 e. The van der Waals surface area contributed by atoms with Gasteiger partial charge in [-0.3, -0.25) is 0 Å². The van der Waals surface area contributed by atoms with E-state index < -0.39 is 0 Å². The number of furan rings is 1. The molecule has 1 N–H and O–H groups in total. The van der Waals surface area contributed by atoms with Crippen LogP contribution in [0.4, 0.5) is 0 Å². The van der Waals surface area contributed by atoms with Crippen LogP contribution in [-0.2, 0) is 6.54 Å². The molecule has 0 spiro atoms. The summed E-state index contributed by atoms with van der Waals surface area (Å²) in [6, 6.07) is 11.8. The lowest BCUT2D eigenvalue weighted by molar-refractivity contribution is 0.493. The zero-order valence-corrected chi connectivity index (χ0v) is 13.5. The first-order valence-electron chi connectivity index (χ1n) is 8.04. The van der Waals surface area contributed by atoms with Crippen LogP contribution in [0.1, 0.15) is 37.9 Å². The molecule has 3 heteroatoms. The fourth-order valence-corrected chi connectivity index (χ4v) is 3.05. The third-order valence-electron chi connectivity index (χ3n) is 4.08. The lowest BCUT2D eigenvalue weighted by Gasteiger charge is -2.12. The molecule has 1 heterocycles. The molecule has 1 aliphatic rings. The molecule has 0 bridgehead atoms. The molecule has 1 aromatic carbocycles. The summed E-state index contributed by atoms with van der Waals surface area (Å²) < 4.78 is 5.88. The summed E-state index contributed by atoms with van der Waals surface area (Å²) >= 11 is 6.02. The number of halogens is 1. The summed E-state index contributed by atoms with van der Waals surface area (Å²) in [5.41, 5.74) is 2.63. The summed E-state index contributed by atoms with van der Waals surface area (Å²) in [6.07, 6.45) is 8.82. The molecule has 0 saturated heterocycles. The lowest BCUT2D eigenvalue weighted by Crippen LogP contribution is -2.15. The molecule has 116 valence electrons. The number of rotatable bonds is 6. The van der Waals surface area contributed by atoms with Crippen molar-refractivity contribution in [2.75, 3.05) is 6.54 Å². The van der Waals surface area contributed by atoms with E-state index in [-0.39, 0.29) is 0 Å². The molecule has 0 saturated carbocycles. The minimum atomic E-state index is 0.731. The average molecular weight is 316 g/mol. The van der Waals surface area contributed by atoms with Crippen molar-refractivity contribution in [1.29, 1.82) is 0 Å². The van der Waals surface area contributed by atoms with Gasteiger partial charge in [0.25, 0.3) is 0 Å². The Morgan fingerprint density at radius 2 is 2.09 bits per heavy atom. The van der Waals surface area contributed by atoms with E-state index in [4.69, 9.17) is 16.0 Å². The third kappa shape index (κ3) is 4.25. The Morgan fingerprint density at radius 3 is 2.91 bits per heavy atom. The second kappa shape index (κ2) is 7.66. The van der Waals surface area contributed by atoms with Crippen molar-refractivity contribution in [1.82, 2.24) is 5.32 Å². The average Bonchev–Trinajstić information content (AvgIpc) is 3.02. The molecule has 2 aromatic rings. The van der Waals surface area contributed by atoms with Crippen LogP contribution in [0, 0.1) is 0 Å². The maximum atomic E-state index is 6.02. The molecule has 0 amide bonds. The first kappa shape index (κ1) is 15.4. The van der Waals surface area contributed by atoms with E-state index in [0.717, 1.165) is 41.6 Å². The van der Waals surface area contributed by atoms with Crippen LogP contribution in [0.15, 0.2) is 52.5 Å². The van der Waals surface area contributed by atoms with Gasteiger partial charge < -0.3 is 9.73 Å². The maximum absolute atomic E-state index is 6.02. The largest absolute Gasteiger partial charge is 0.460 e. The van der Waals surface area contributed by atoms with E-state index in [1.165, 1.54) is 25.7 Å². The highest BCUT2D eigenvalue weighted by atomic mass is 35.5. The van der Waals surface area contributed by atoms with Crippen LogP contribution in [0.5, 0.6) is 0 Å². The summed E-state index contributed by atoms with van der Waals surface area (Å²) in [4.78, 5) is 0. The minimum absolute atomic E-state index is 0.731. The van der Waals surface area contributed by atoms with Gasteiger partial charge in [0.1, 0.15) is 11.5 Å². The van der Waals surface area contributed by atoms with Gasteiger partial charge in [-0.2, -0.15) is 0 Å². The quantitative estimate of drug-likeness (QED) is 0.556. The van der Waals surface area contributed by atoms with Crippen LogP contribution in [-0.4, -0.2) is 6.54 Å². The van der Waals surface area contributed by atoms with Crippen LogP contribution in [0.3, 0.4) is 0 Å². The first-order valence-corrected chi connectivity index (χ1v) is 8.42. The van der Waals surface area contributed by atoms with E-state index in [1.54, 1.807) is 5.57 Å². The van der Waals surface area contributed by atoms with Crippen molar-refractivity contribution in [2.45, 2.75) is 38.6 Å². The molecule has 0 fully saturated rings. The SMILES string of the molecule is Clc1cccc(-c2ccc(CNCCC3=CCCCC3)o2)c1. The number of hydrogen-bond acceptors (Lipinski definition) is 2. The predicted molar refractivity (Wildman–Crippen MR) is 92.0 cm³/mol.